The van der Waals surface area contributed by atoms with Gasteiger partial charge in [-0.3, -0.25) is 4.98 Å². The molecule has 2 aromatic rings. The molecular formula is C19H24N2O. The van der Waals surface area contributed by atoms with Gasteiger partial charge in [0.15, 0.2) is 0 Å². The van der Waals surface area contributed by atoms with E-state index in [0.29, 0.717) is 5.92 Å². The fraction of sp³-hybridized carbons (Fsp3) is 0.526. The van der Waals surface area contributed by atoms with Gasteiger partial charge in [0.05, 0.1) is 12.6 Å². The summed E-state index contributed by atoms with van der Waals surface area (Å²) in [5.41, 5.74) is 3.51. The Labute approximate surface area is 132 Å². The van der Waals surface area contributed by atoms with Crippen molar-refractivity contribution in [2.24, 2.45) is 0 Å². The van der Waals surface area contributed by atoms with Gasteiger partial charge >= 0.3 is 0 Å². The lowest BCUT2D eigenvalue weighted by molar-refractivity contribution is 0.162. The van der Waals surface area contributed by atoms with Crippen LogP contribution in [0.4, 0.5) is 0 Å². The molecule has 4 rings (SSSR count). The van der Waals surface area contributed by atoms with E-state index in [2.05, 4.69) is 35.1 Å². The Morgan fingerprint density at radius 2 is 1.86 bits per heavy atom. The predicted molar refractivity (Wildman–Crippen MR) is 89.6 cm³/mol. The zero-order valence-corrected chi connectivity index (χ0v) is 13.7. The van der Waals surface area contributed by atoms with E-state index in [1.807, 2.05) is 13.0 Å². The maximum Gasteiger partial charge on any atom is 0.130 e. The monoisotopic (exact) mass is 296 g/mol. The molecule has 0 N–H and O–H groups in total. The molecule has 3 atom stereocenters. The Kier molecular flexibility index (Phi) is 3.33. The predicted octanol–water partition coefficient (Wildman–Crippen LogP) is 3.89. The van der Waals surface area contributed by atoms with Crippen LogP contribution in [0.5, 0.6) is 5.75 Å². The summed E-state index contributed by atoms with van der Waals surface area (Å²) < 4.78 is 5.57. The van der Waals surface area contributed by atoms with Gasteiger partial charge in [0, 0.05) is 29.2 Å². The molecule has 2 aliphatic heterocycles. The molecule has 0 aliphatic carbocycles. The van der Waals surface area contributed by atoms with Crippen LogP contribution in [0.1, 0.15) is 42.9 Å². The van der Waals surface area contributed by atoms with Crippen LogP contribution in [0, 0.1) is 6.92 Å². The fourth-order valence-electron chi connectivity index (χ4n) is 4.44. The van der Waals surface area contributed by atoms with Gasteiger partial charge in [0.1, 0.15) is 5.75 Å². The summed E-state index contributed by atoms with van der Waals surface area (Å²) in [7, 11) is 4.05. The second kappa shape index (κ2) is 5.24. The Bertz CT molecular complexity index is 698. The van der Waals surface area contributed by atoms with Crippen LogP contribution < -0.4 is 4.74 Å². The largest absolute Gasteiger partial charge is 0.496 e. The number of ether oxygens (including phenoxy) is 1. The number of pyridine rings is 1. The number of methoxy groups -OCH3 is 1. The summed E-state index contributed by atoms with van der Waals surface area (Å²) in [6.45, 7) is 2.02. The highest BCUT2D eigenvalue weighted by atomic mass is 16.5. The van der Waals surface area contributed by atoms with E-state index in [1.54, 1.807) is 7.11 Å². The van der Waals surface area contributed by atoms with Crippen molar-refractivity contribution in [2.45, 2.75) is 50.6 Å². The maximum absolute atomic E-state index is 5.57. The number of rotatable bonds is 2. The minimum Gasteiger partial charge on any atom is -0.496 e. The van der Waals surface area contributed by atoms with Gasteiger partial charge in [0.25, 0.3) is 0 Å². The zero-order chi connectivity index (χ0) is 15.3. The smallest absolute Gasteiger partial charge is 0.130 e. The van der Waals surface area contributed by atoms with Gasteiger partial charge in [-0.1, -0.05) is 6.07 Å². The third-order valence-electron chi connectivity index (χ3n) is 5.71. The normalized spacial score (nSPS) is 28.2. The molecule has 2 saturated heterocycles. The molecule has 0 amide bonds. The second-order valence-electron chi connectivity index (χ2n) is 6.96. The van der Waals surface area contributed by atoms with E-state index in [1.165, 1.54) is 31.2 Å². The van der Waals surface area contributed by atoms with Crippen LogP contribution in [0.3, 0.4) is 0 Å². The molecule has 0 radical (unpaired) electrons. The molecule has 116 valence electrons. The summed E-state index contributed by atoms with van der Waals surface area (Å²) in [5, 5.41) is 1.15. The molecule has 3 heteroatoms. The molecule has 1 aromatic carbocycles. The first-order valence-corrected chi connectivity index (χ1v) is 8.33. The Hall–Kier alpha value is -1.61. The number of aromatic nitrogens is 1. The number of benzene rings is 1. The van der Waals surface area contributed by atoms with Crippen molar-refractivity contribution in [1.82, 2.24) is 9.88 Å². The first-order valence-electron chi connectivity index (χ1n) is 8.33. The topological polar surface area (TPSA) is 25.4 Å². The molecule has 2 fully saturated rings. The van der Waals surface area contributed by atoms with Crippen molar-refractivity contribution >= 4 is 10.9 Å². The number of hydrogen-bond acceptors (Lipinski definition) is 3. The van der Waals surface area contributed by atoms with E-state index in [-0.39, 0.29) is 0 Å². The SMILES string of the molecule is COc1cc(C)nc2ccc(C3CC4CC[C@@H](C3)N4C)cc12. The van der Waals surface area contributed by atoms with Crippen LogP contribution in [-0.2, 0) is 0 Å². The number of fused-ring (bicyclic) bond motifs is 3. The minimum absolute atomic E-state index is 0.684. The van der Waals surface area contributed by atoms with Crippen molar-refractivity contribution in [3.63, 3.8) is 0 Å². The first-order chi connectivity index (χ1) is 10.7. The van der Waals surface area contributed by atoms with Crippen LogP contribution in [0.25, 0.3) is 10.9 Å². The first kappa shape index (κ1) is 14.0. The van der Waals surface area contributed by atoms with Crippen molar-refractivity contribution in [3.05, 3.63) is 35.5 Å². The quantitative estimate of drug-likeness (QED) is 0.840. The highest BCUT2D eigenvalue weighted by molar-refractivity contribution is 5.86. The lowest BCUT2D eigenvalue weighted by atomic mass is 9.85. The minimum atomic E-state index is 0.684. The van der Waals surface area contributed by atoms with Gasteiger partial charge in [-0.2, -0.15) is 0 Å². The third kappa shape index (κ3) is 2.19. The van der Waals surface area contributed by atoms with Crippen molar-refractivity contribution in [1.29, 1.82) is 0 Å². The average molecular weight is 296 g/mol. The lowest BCUT2D eigenvalue weighted by Crippen LogP contribution is -2.39. The molecule has 0 saturated carbocycles. The standard InChI is InChI=1S/C19H24N2O/c1-12-8-19(22-3)17-11-13(4-7-18(17)20-12)14-9-15-5-6-16(10-14)21(15)2/h4,7-8,11,14-16H,5-6,9-10H2,1-3H3/t14?,15-,16?/m0/s1. The van der Waals surface area contributed by atoms with Gasteiger partial charge in [0.2, 0.25) is 0 Å². The molecule has 2 unspecified atom stereocenters. The molecule has 2 bridgehead atoms. The van der Waals surface area contributed by atoms with Gasteiger partial charge < -0.3 is 9.64 Å². The van der Waals surface area contributed by atoms with E-state index < -0.39 is 0 Å². The number of aryl methyl sites for hydroxylation is 1. The number of nitrogens with zero attached hydrogens (tertiary/aromatic N) is 2. The highest BCUT2D eigenvalue weighted by Crippen LogP contribution is 2.43. The zero-order valence-electron chi connectivity index (χ0n) is 13.7. The van der Waals surface area contributed by atoms with E-state index in [0.717, 1.165) is 34.4 Å². The summed E-state index contributed by atoms with van der Waals surface area (Å²) in [6.07, 6.45) is 5.32. The van der Waals surface area contributed by atoms with Gasteiger partial charge in [-0.05, 0) is 63.3 Å². The maximum atomic E-state index is 5.57. The molecule has 0 spiro atoms. The van der Waals surface area contributed by atoms with Crippen molar-refractivity contribution in [2.75, 3.05) is 14.2 Å². The fourth-order valence-corrected chi connectivity index (χ4v) is 4.44. The summed E-state index contributed by atoms with van der Waals surface area (Å²) in [5.74, 6) is 1.63. The molecule has 2 aliphatic rings. The summed E-state index contributed by atoms with van der Waals surface area (Å²) in [4.78, 5) is 7.24. The third-order valence-corrected chi connectivity index (χ3v) is 5.71. The lowest BCUT2D eigenvalue weighted by Gasteiger charge is -2.36. The molecule has 3 heterocycles. The Morgan fingerprint density at radius 3 is 2.55 bits per heavy atom. The van der Waals surface area contributed by atoms with Gasteiger partial charge in [-0.15, -0.1) is 0 Å². The Morgan fingerprint density at radius 1 is 1.14 bits per heavy atom. The van der Waals surface area contributed by atoms with E-state index in [4.69, 9.17) is 4.74 Å². The van der Waals surface area contributed by atoms with Crippen molar-refractivity contribution in [3.8, 4) is 5.75 Å². The summed E-state index contributed by atoms with van der Waals surface area (Å²) in [6, 6.07) is 10.3. The molecule has 1 aromatic heterocycles. The molecular weight excluding hydrogens is 272 g/mol. The number of piperidine rings is 1. The van der Waals surface area contributed by atoms with Crippen LogP contribution >= 0.6 is 0 Å². The van der Waals surface area contributed by atoms with Crippen LogP contribution in [0.15, 0.2) is 24.3 Å². The summed E-state index contributed by atoms with van der Waals surface area (Å²) >= 11 is 0. The second-order valence-corrected chi connectivity index (χ2v) is 6.96. The van der Waals surface area contributed by atoms with Crippen molar-refractivity contribution < 1.29 is 4.74 Å². The Balaban J connectivity index is 1.72. The van der Waals surface area contributed by atoms with E-state index >= 15 is 0 Å². The average Bonchev–Trinajstić information content (AvgIpc) is 2.75. The van der Waals surface area contributed by atoms with Crippen LogP contribution in [-0.4, -0.2) is 36.1 Å². The van der Waals surface area contributed by atoms with Gasteiger partial charge in [-0.25, -0.2) is 0 Å². The highest BCUT2D eigenvalue weighted by Gasteiger charge is 2.38. The molecule has 22 heavy (non-hydrogen) atoms. The van der Waals surface area contributed by atoms with Crippen LogP contribution in [0.2, 0.25) is 0 Å². The van der Waals surface area contributed by atoms with E-state index in [9.17, 15) is 0 Å². The number of hydrogen-bond donors (Lipinski definition) is 0. The molecule has 3 nitrogen and oxygen atoms in total.